The van der Waals surface area contributed by atoms with Gasteiger partial charge in [0.25, 0.3) is 0 Å². The molecule has 1 aromatic rings. The number of aliphatic hydroxyl groups is 2. The second-order valence-electron chi connectivity index (χ2n) is 3.87. The number of hydrogen-bond acceptors (Lipinski definition) is 6. The third-order valence-corrected chi connectivity index (χ3v) is 2.57. The fraction of sp³-hybridized carbons (Fsp3) is 0.385. The van der Waals surface area contributed by atoms with E-state index in [-0.39, 0.29) is 17.7 Å². The van der Waals surface area contributed by atoms with Crippen molar-refractivity contribution in [2.75, 3.05) is 13.7 Å². The van der Waals surface area contributed by atoms with E-state index in [1.165, 1.54) is 0 Å². The first kappa shape index (κ1) is 16.1. The van der Waals surface area contributed by atoms with E-state index in [9.17, 15) is 24.2 Å². The highest BCUT2D eigenvalue weighted by molar-refractivity contribution is 5.90. The van der Waals surface area contributed by atoms with Gasteiger partial charge in [0.2, 0.25) is 0 Å². The Labute approximate surface area is 114 Å². The molecule has 2 atom stereocenters. The standard InChI is InChI=1S/C13H15FO6/c1-3-20-12(17)8-6-7(4-5-9(8)14)10(15)11(16)13(18)19-2/h4-6,10-11,15-16H,3H2,1-2H3. The molecule has 0 radical (unpaired) electrons. The van der Waals surface area contributed by atoms with E-state index in [4.69, 9.17) is 0 Å². The molecule has 2 unspecified atom stereocenters. The number of benzene rings is 1. The van der Waals surface area contributed by atoms with E-state index in [2.05, 4.69) is 9.47 Å². The summed E-state index contributed by atoms with van der Waals surface area (Å²) >= 11 is 0. The molecule has 20 heavy (non-hydrogen) atoms. The molecule has 6 nitrogen and oxygen atoms in total. The Bertz CT molecular complexity index is 502. The molecule has 0 heterocycles. The molecule has 0 amide bonds. The largest absolute Gasteiger partial charge is 0.467 e. The monoisotopic (exact) mass is 286 g/mol. The van der Waals surface area contributed by atoms with E-state index in [1.54, 1.807) is 6.92 Å². The van der Waals surface area contributed by atoms with Crippen LogP contribution in [0.1, 0.15) is 28.9 Å². The van der Waals surface area contributed by atoms with Gasteiger partial charge in [0, 0.05) is 0 Å². The zero-order valence-corrected chi connectivity index (χ0v) is 11.0. The van der Waals surface area contributed by atoms with Gasteiger partial charge < -0.3 is 19.7 Å². The number of carbonyl (C=O) groups excluding carboxylic acids is 2. The number of esters is 2. The van der Waals surface area contributed by atoms with Gasteiger partial charge in [-0.25, -0.2) is 14.0 Å². The Morgan fingerprint density at radius 2 is 2.00 bits per heavy atom. The summed E-state index contributed by atoms with van der Waals surface area (Å²) in [5, 5.41) is 19.3. The first-order chi connectivity index (χ1) is 9.42. The third kappa shape index (κ3) is 3.52. The third-order valence-electron chi connectivity index (χ3n) is 2.57. The van der Waals surface area contributed by atoms with Gasteiger partial charge in [0.1, 0.15) is 11.9 Å². The van der Waals surface area contributed by atoms with E-state index in [0.717, 1.165) is 25.3 Å². The van der Waals surface area contributed by atoms with Gasteiger partial charge in [-0.1, -0.05) is 6.07 Å². The summed E-state index contributed by atoms with van der Waals surface area (Å²) in [4.78, 5) is 22.6. The topological polar surface area (TPSA) is 93.1 Å². The number of rotatable bonds is 5. The normalized spacial score (nSPS) is 13.4. The van der Waals surface area contributed by atoms with Crippen molar-refractivity contribution >= 4 is 11.9 Å². The van der Waals surface area contributed by atoms with Gasteiger partial charge in [-0.3, -0.25) is 0 Å². The molecule has 0 bridgehead atoms. The predicted molar refractivity (Wildman–Crippen MR) is 65.3 cm³/mol. The fourth-order valence-corrected chi connectivity index (χ4v) is 1.52. The van der Waals surface area contributed by atoms with Gasteiger partial charge in [-0.2, -0.15) is 0 Å². The lowest BCUT2D eigenvalue weighted by atomic mass is 10.0. The number of carbonyl (C=O) groups is 2. The Balaban J connectivity index is 3.05. The molecule has 0 fully saturated rings. The summed E-state index contributed by atoms with van der Waals surface area (Å²) in [5.41, 5.74) is -0.396. The predicted octanol–water partition coefficient (Wildman–Crippen LogP) is 0.570. The minimum absolute atomic E-state index is 0.00708. The molecule has 0 saturated heterocycles. The number of halogens is 1. The number of aliphatic hydroxyl groups excluding tert-OH is 2. The van der Waals surface area contributed by atoms with Gasteiger partial charge in [-0.15, -0.1) is 0 Å². The molecule has 1 aromatic carbocycles. The lowest BCUT2D eigenvalue weighted by molar-refractivity contribution is -0.156. The van der Waals surface area contributed by atoms with Crippen molar-refractivity contribution in [3.63, 3.8) is 0 Å². The lowest BCUT2D eigenvalue weighted by Gasteiger charge is -2.16. The van der Waals surface area contributed by atoms with E-state index in [1.807, 2.05) is 0 Å². The summed E-state index contributed by atoms with van der Waals surface area (Å²) < 4.78 is 22.4. The number of methoxy groups -OCH3 is 1. The second kappa shape index (κ2) is 6.97. The van der Waals surface area contributed by atoms with Crippen molar-refractivity contribution in [2.45, 2.75) is 19.1 Å². The number of hydrogen-bond donors (Lipinski definition) is 2. The van der Waals surface area contributed by atoms with Crippen LogP contribution >= 0.6 is 0 Å². The van der Waals surface area contributed by atoms with Crippen LogP contribution in [0.25, 0.3) is 0 Å². The summed E-state index contributed by atoms with van der Waals surface area (Å²) in [6, 6.07) is 3.11. The Hall–Kier alpha value is -1.99. The highest BCUT2D eigenvalue weighted by Gasteiger charge is 2.27. The molecular formula is C13H15FO6. The SMILES string of the molecule is CCOC(=O)c1cc(C(O)C(O)C(=O)OC)ccc1F. The van der Waals surface area contributed by atoms with E-state index in [0.29, 0.717) is 0 Å². The molecule has 0 saturated carbocycles. The molecule has 110 valence electrons. The first-order valence-electron chi connectivity index (χ1n) is 5.82. The Morgan fingerprint density at radius 3 is 2.55 bits per heavy atom. The maximum atomic E-state index is 13.5. The fourth-order valence-electron chi connectivity index (χ4n) is 1.52. The molecule has 2 N–H and O–H groups in total. The molecule has 0 aliphatic heterocycles. The average Bonchev–Trinajstić information content (AvgIpc) is 2.45. The maximum Gasteiger partial charge on any atom is 0.341 e. The highest BCUT2D eigenvalue weighted by atomic mass is 19.1. The van der Waals surface area contributed by atoms with Crippen LogP contribution in [0.4, 0.5) is 4.39 Å². The first-order valence-corrected chi connectivity index (χ1v) is 5.82. The van der Waals surface area contributed by atoms with Crippen LogP contribution in [-0.2, 0) is 14.3 Å². The highest BCUT2D eigenvalue weighted by Crippen LogP contribution is 2.21. The second-order valence-corrected chi connectivity index (χ2v) is 3.87. The van der Waals surface area contributed by atoms with Crippen LogP contribution in [0.15, 0.2) is 18.2 Å². The van der Waals surface area contributed by atoms with Crippen molar-refractivity contribution in [3.8, 4) is 0 Å². The lowest BCUT2D eigenvalue weighted by Crippen LogP contribution is -2.29. The van der Waals surface area contributed by atoms with Crippen LogP contribution in [0.5, 0.6) is 0 Å². The van der Waals surface area contributed by atoms with Gasteiger partial charge in [0.15, 0.2) is 6.10 Å². The zero-order chi connectivity index (χ0) is 15.3. The number of ether oxygens (including phenoxy) is 2. The van der Waals surface area contributed by atoms with E-state index >= 15 is 0 Å². The van der Waals surface area contributed by atoms with Crippen molar-refractivity contribution < 1.29 is 33.7 Å². The minimum Gasteiger partial charge on any atom is -0.467 e. The smallest absolute Gasteiger partial charge is 0.341 e. The van der Waals surface area contributed by atoms with Gasteiger partial charge in [0.05, 0.1) is 19.3 Å². The van der Waals surface area contributed by atoms with Crippen LogP contribution in [0.2, 0.25) is 0 Å². The van der Waals surface area contributed by atoms with Crippen LogP contribution in [0.3, 0.4) is 0 Å². The van der Waals surface area contributed by atoms with Crippen LogP contribution in [0, 0.1) is 5.82 Å². The maximum absolute atomic E-state index is 13.5. The van der Waals surface area contributed by atoms with Crippen molar-refractivity contribution in [1.82, 2.24) is 0 Å². The van der Waals surface area contributed by atoms with Crippen molar-refractivity contribution in [2.24, 2.45) is 0 Å². The van der Waals surface area contributed by atoms with Crippen molar-refractivity contribution in [3.05, 3.63) is 35.1 Å². The summed E-state index contributed by atoms with van der Waals surface area (Å²) in [5.74, 6) is -2.77. The molecule has 0 aliphatic carbocycles. The molecule has 7 heteroatoms. The molecule has 0 spiro atoms. The van der Waals surface area contributed by atoms with Gasteiger partial charge >= 0.3 is 11.9 Å². The molecule has 0 aliphatic rings. The average molecular weight is 286 g/mol. The van der Waals surface area contributed by atoms with Crippen LogP contribution in [-0.4, -0.2) is 42.0 Å². The minimum atomic E-state index is -1.83. The van der Waals surface area contributed by atoms with Crippen molar-refractivity contribution in [1.29, 1.82) is 0 Å². The van der Waals surface area contributed by atoms with E-state index < -0.39 is 30.0 Å². The molecule has 1 rings (SSSR count). The van der Waals surface area contributed by atoms with Crippen LogP contribution < -0.4 is 0 Å². The quantitative estimate of drug-likeness (QED) is 0.769. The summed E-state index contributed by atoms with van der Waals surface area (Å²) in [7, 11) is 1.05. The molecule has 0 aromatic heterocycles. The Kier molecular flexibility index (Phi) is 5.60. The summed E-state index contributed by atoms with van der Waals surface area (Å²) in [6.45, 7) is 1.63. The Morgan fingerprint density at radius 1 is 1.35 bits per heavy atom. The van der Waals surface area contributed by atoms with Gasteiger partial charge in [-0.05, 0) is 24.6 Å². The zero-order valence-electron chi connectivity index (χ0n) is 11.0. The summed E-state index contributed by atoms with van der Waals surface area (Å²) in [6.07, 6.45) is -3.48. The molecular weight excluding hydrogens is 271 g/mol.